The maximum atomic E-state index is 13.5. The van der Waals surface area contributed by atoms with Gasteiger partial charge in [0.1, 0.15) is 34.0 Å². The van der Waals surface area contributed by atoms with E-state index in [4.69, 9.17) is 14.2 Å². The van der Waals surface area contributed by atoms with E-state index < -0.39 is 23.2 Å². The highest BCUT2D eigenvalue weighted by atomic mass is 19.4. The molecule has 9 nitrogen and oxygen atoms in total. The Kier molecular flexibility index (Phi) is 7.91. The SMILES string of the molecule is COc1ccc(Oc2ccc(CNC(=O)C3(NC(=O)c4cn(C)cn4)CCOCC3)cc2)c(C(F)(F)F)c1. The van der Waals surface area contributed by atoms with Gasteiger partial charge >= 0.3 is 6.18 Å². The molecule has 0 unspecified atom stereocenters. The Morgan fingerprint density at radius 1 is 1.11 bits per heavy atom. The van der Waals surface area contributed by atoms with Gasteiger partial charge in [-0.15, -0.1) is 0 Å². The Bertz CT molecular complexity index is 1280. The van der Waals surface area contributed by atoms with Crippen molar-refractivity contribution < 1.29 is 37.0 Å². The van der Waals surface area contributed by atoms with Crippen molar-refractivity contribution in [2.24, 2.45) is 7.05 Å². The number of carbonyl (C=O) groups excluding carboxylic acids is 2. The predicted molar refractivity (Wildman–Crippen MR) is 130 cm³/mol. The predicted octanol–water partition coefficient (Wildman–Crippen LogP) is 3.84. The molecule has 2 amide bonds. The van der Waals surface area contributed by atoms with Crippen LogP contribution in [0.4, 0.5) is 13.2 Å². The Balaban J connectivity index is 1.41. The molecule has 2 N–H and O–H groups in total. The highest BCUT2D eigenvalue weighted by Gasteiger charge is 2.42. The summed E-state index contributed by atoms with van der Waals surface area (Å²) >= 11 is 0. The highest BCUT2D eigenvalue weighted by molar-refractivity contribution is 5.98. The summed E-state index contributed by atoms with van der Waals surface area (Å²) in [6.45, 7) is 0.762. The number of imidazole rings is 1. The summed E-state index contributed by atoms with van der Waals surface area (Å²) in [5.74, 6) is -0.919. The number of aryl methyl sites for hydroxylation is 1. The van der Waals surface area contributed by atoms with Crippen LogP contribution in [0.3, 0.4) is 0 Å². The Hall–Kier alpha value is -4.06. The number of amides is 2. The molecule has 0 aliphatic carbocycles. The largest absolute Gasteiger partial charge is 0.497 e. The lowest BCUT2D eigenvalue weighted by atomic mass is 9.88. The molecule has 0 radical (unpaired) electrons. The third-order valence-electron chi connectivity index (χ3n) is 6.17. The lowest BCUT2D eigenvalue weighted by molar-refractivity contribution is -0.138. The summed E-state index contributed by atoms with van der Waals surface area (Å²) in [6, 6.07) is 9.75. The minimum absolute atomic E-state index is 0.0642. The van der Waals surface area contributed by atoms with Crippen LogP contribution in [0.5, 0.6) is 17.2 Å². The zero-order valence-electron chi connectivity index (χ0n) is 20.8. The van der Waals surface area contributed by atoms with Crippen LogP contribution >= 0.6 is 0 Å². The average molecular weight is 533 g/mol. The molecule has 1 aliphatic heterocycles. The van der Waals surface area contributed by atoms with Crippen molar-refractivity contribution in [1.82, 2.24) is 20.2 Å². The molecule has 1 aromatic heterocycles. The van der Waals surface area contributed by atoms with Crippen molar-refractivity contribution >= 4 is 11.8 Å². The zero-order valence-corrected chi connectivity index (χ0v) is 20.8. The minimum Gasteiger partial charge on any atom is -0.497 e. The first kappa shape index (κ1) is 27.0. The normalized spacial score (nSPS) is 15.0. The van der Waals surface area contributed by atoms with Crippen molar-refractivity contribution in [3.8, 4) is 17.2 Å². The van der Waals surface area contributed by atoms with Gasteiger partial charge < -0.3 is 29.4 Å². The molecule has 0 atom stereocenters. The number of halogens is 3. The van der Waals surface area contributed by atoms with Gasteiger partial charge in [-0.05, 0) is 35.9 Å². The topological polar surface area (TPSA) is 104 Å². The lowest BCUT2D eigenvalue weighted by Gasteiger charge is -2.36. The van der Waals surface area contributed by atoms with Gasteiger partial charge in [0.2, 0.25) is 5.91 Å². The van der Waals surface area contributed by atoms with Crippen molar-refractivity contribution in [3.63, 3.8) is 0 Å². The number of hydrogen-bond donors (Lipinski definition) is 2. The number of nitrogens with one attached hydrogen (secondary N) is 2. The standard InChI is InChI=1S/C26H27F3N4O5/c1-33-15-21(31-16-33)23(34)32-25(9-11-37-12-10-25)24(35)30-14-17-3-5-18(6-4-17)38-22-8-7-19(36-2)13-20(22)26(27,28)29/h3-8,13,15-16H,9-12,14H2,1-2H3,(H,30,35)(H,32,34). The Morgan fingerprint density at radius 2 is 1.79 bits per heavy atom. The number of carbonyl (C=O) groups is 2. The Labute approximate surface area is 216 Å². The molecule has 0 spiro atoms. The van der Waals surface area contributed by atoms with E-state index >= 15 is 0 Å². The van der Waals surface area contributed by atoms with Gasteiger partial charge in [-0.3, -0.25) is 9.59 Å². The minimum atomic E-state index is -4.62. The summed E-state index contributed by atoms with van der Waals surface area (Å²) < 4.78 is 57.8. The molecular formula is C26H27F3N4O5. The van der Waals surface area contributed by atoms with E-state index in [-0.39, 0.29) is 35.4 Å². The van der Waals surface area contributed by atoms with Crippen molar-refractivity contribution in [1.29, 1.82) is 0 Å². The number of aromatic nitrogens is 2. The van der Waals surface area contributed by atoms with Crippen LogP contribution in [-0.4, -0.2) is 47.2 Å². The van der Waals surface area contributed by atoms with Gasteiger partial charge in [-0.25, -0.2) is 4.98 Å². The van der Waals surface area contributed by atoms with Crippen LogP contribution in [0.25, 0.3) is 0 Å². The molecule has 38 heavy (non-hydrogen) atoms. The fraction of sp³-hybridized carbons (Fsp3) is 0.346. The number of alkyl halides is 3. The van der Waals surface area contributed by atoms with Crippen molar-refractivity contribution in [2.75, 3.05) is 20.3 Å². The fourth-order valence-electron chi connectivity index (χ4n) is 4.04. The van der Waals surface area contributed by atoms with E-state index in [9.17, 15) is 22.8 Å². The van der Waals surface area contributed by atoms with E-state index in [1.165, 1.54) is 37.7 Å². The van der Waals surface area contributed by atoms with Gasteiger partial charge in [0, 0.05) is 45.8 Å². The number of benzene rings is 2. The van der Waals surface area contributed by atoms with Crippen LogP contribution in [0.15, 0.2) is 55.0 Å². The molecule has 202 valence electrons. The second kappa shape index (κ2) is 11.1. The van der Waals surface area contributed by atoms with Crippen LogP contribution in [0.1, 0.15) is 34.5 Å². The molecule has 1 fully saturated rings. The van der Waals surface area contributed by atoms with Crippen LogP contribution in [0.2, 0.25) is 0 Å². The summed E-state index contributed by atoms with van der Waals surface area (Å²) in [6.07, 6.45) is -0.966. The number of methoxy groups -OCH3 is 1. The molecule has 0 saturated carbocycles. The second-order valence-corrected chi connectivity index (χ2v) is 8.86. The van der Waals surface area contributed by atoms with Crippen molar-refractivity contribution in [3.05, 3.63) is 71.8 Å². The van der Waals surface area contributed by atoms with E-state index in [0.29, 0.717) is 31.6 Å². The van der Waals surface area contributed by atoms with Crippen LogP contribution < -0.4 is 20.1 Å². The smallest absolute Gasteiger partial charge is 0.420 e. The summed E-state index contributed by atoms with van der Waals surface area (Å²) in [7, 11) is 3.02. The number of rotatable bonds is 8. The van der Waals surface area contributed by atoms with Gasteiger partial charge in [0.25, 0.3) is 5.91 Å². The van der Waals surface area contributed by atoms with Crippen molar-refractivity contribution in [2.45, 2.75) is 31.1 Å². The molecular weight excluding hydrogens is 505 g/mol. The maximum absolute atomic E-state index is 13.5. The third kappa shape index (κ3) is 6.25. The highest BCUT2D eigenvalue weighted by Crippen LogP contribution is 2.40. The third-order valence-corrected chi connectivity index (χ3v) is 6.17. The fourth-order valence-corrected chi connectivity index (χ4v) is 4.04. The van der Waals surface area contributed by atoms with Gasteiger partial charge in [0.15, 0.2) is 0 Å². The summed E-state index contributed by atoms with van der Waals surface area (Å²) in [5.41, 5.74) is -1.22. The molecule has 2 aromatic carbocycles. The molecule has 0 bridgehead atoms. The molecule has 4 rings (SSSR count). The summed E-state index contributed by atoms with van der Waals surface area (Å²) in [5, 5.41) is 5.68. The molecule has 2 heterocycles. The molecule has 1 saturated heterocycles. The lowest BCUT2D eigenvalue weighted by Crippen LogP contribution is -2.61. The Morgan fingerprint density at radius 3 is 2.39 bits per heavy atom. The first-order valence-corrected chi connectivity index (χ1v) is 11.8. The first-order chi connectivity index (χ1) is 18.1. The first-order valence-electron chi connectivity index (χ1n) is 11.8. The van der Waals surface area contributed by atoms with E-state index in [0.717, 1.165) is 6.07 Å². The molecule has 3 aromatic rings. The molecule has 12 heteroatoms. The monoisotopic (exact) mass is 532 g/mol. The number of hydrogen-bond acceptors (Lipinski definition) is 6. The van der Waals surface area contributed by atoms with Crippen LogP contribution in [-0.2, 0) is 29.3 Å². The maximum Gasteiger partial charge on any atom is 0.420 e. The number of ether oxygens (including phenoxy) is 3. The zero-order chi connectivity index (χ0) is 27.3. The summed E-state index contributed by atoms with van der Waals surface area (Å²) in [4.78, 5) is 30.0. The van der Waals surface area contributed by atoms with Gasteiger partial charge in [-0.1, -0.05) is 12.1 Å². The van der Waals surface area contributed by atoms with E-state index in [1.807, 2.05) is 0 Å². The van der Waals surface area contributed by atoms with Gasteiger partial charge in [-0.2, -0.15) is 13.2 Å². The quantitative estimate of drug-likeness (QED) is 0.457. The van der Waals surface area contributed by atoms with E-state index in [2.05, 4.69) is 15.6 Å². The number of nitrogens with zero attached hydrogens (tertiary/aromatic N) is 2. The van der Waals surface area contributed by atoms with Crippen LogP contribution in [0, 0.1) is 0 Å². The molecule has 1 aliphatic rings. The average Bonchev–Trinajstić information content (AvgIpc) is 3.34. The van der Waals surface area contributed by atoms with E-state index in [1.54, 1.807) is 29.9 Å². The van der Waals surface area contributed by atoms with Gasteiger partial charge in [0.05, 0.1) is 13.4 Å². The second-order valence-electron chi connectivity index (χ2n) is 8.86.